The Morgan fingerprint density at radius 1 is 0.759 bits per heavy atom. The van der Waals surface area contributed by atoms with Gasteiger partial charge in [-0.05, 0) is 61.2 Å². The highest BCUT2D eigenvalue weighted by Crippen LogP contribution is 2.27. The van der Waals surface area contributed by atoms with Crippen molar-refractivity contribution < 1.29 is 9.84 Å². The third-order valence-electron chi connectivity index (χ3n) is 4.20. The number of hydrogen-bond acceptors (Lipinski definition) is 2. The second kappa shape index (κ2) is 9.34. The Hall–Kier alpha value is -3.90. The Bertz CT molecular complexity index is 1100. The van der Waals surface area contributed by atoms with Gasteiger partial charge in [-0.3, -0.25) is 0 Å². The van der Waals surface area contributed by atoms with E-state index in [-0.39, 0.29) is 0 Å². The van der Waals surface area contributed by atoms with Crippen molar-refractivity contribution in [2.45, 2.75) is 12.5 Å². The summed E-state index contributed by atoms with van der Waals surface area (Å²) in [5.74, 6) is 18.6. The Balaban J connectivity index is 2.17. The number of methoxy groups -OCH3 is 1. The van der Waals surface area contributed by atoms with Crippen LogP contribution in [0.3, 0.4) is 0 Å². The lowest BCUT2D eigenvalue weighted by Gasteiger charge is -2.19. The van der Waals surface area contributed by atoms with Crippen molar-refractivity contribution in [1.29, 1.82) is 0 Å². The molecule has 0 fully saturated rings. The van der Waals surface area contributed by atoms with Crippen molar-refractivity contribution in [2.24, 2.45) is 0 Å². The summed E-state index contributed by atoms with van der Waals surface area (Å²) in [5, 5.41) is 11.5. The molecule has 0 saturated carbocycles. The Kier molecular flexibility index (Phi) is 6.40. The van der Waals surface area contributed by atoms with Crippen LogP contribution in [0.1, 0.15) is 29.2 Å². The first-order chi connectivity index (χ1) is 14.1. The van der Waals surface area contributed by atoms with E-state index in [1.54, 1.807) is 32.2 Å². The zero-order valence-corrected chi connectivity index (χ0v) is 16.4. The van der Waals surface area contributed by atoms with Gasteiger partial charge in [0.25, 0.3) is 0 Å². The van der Waals surface area contributed by atoms with Crippen LogP contribution in [0.25, 0.3) is 0 Å². The number of ether oxygens (including phenoxy) is 1. The van der Waals surface area contributed by atoms with E-state index in [2.05, 4.69) is 35.5 Å². The third-order valence-corrected chi connectivity index (χ3v) is 4.20. The number of aliphatic hydroxyl groups is 1. The van der Waals surface area contributed by atoms with E-state index in [4.69, 9.17) is 4.74 Å². The first-order valence-electron chi connectivity index (χ1n) is 9.15. The van der Waals surface area contributed by atoms with Crippen LogP contribution < -0.4 is 4.74 Å². The fraction of sp³-hybridized carbons (Fsp3) is 0.111. The Morgan fingerprint density at radius 3 is 1.79 bits per heavy atom. The topological polar surface area (TPSA) is 29.5 Å². The summed E-state index contributed by atoms with van der Waals surface area (Å²) >= 11 is 0. The van der Waals surface area contributed by atoms with Crippen LogP contribution in [0.15, 0.2) is 78.9 Å². The standard InChI is InChI=1S/C27H20O2/c1-3-10-24-21-25(29-2)15-16-26(24)27(28,19-17-22-11-6-4-7-12-22)20-18-23-13-8-5-9-14-23/h4-9,11-16,21,28H,1-2H3. The fourth-order valence-electron chi connectivity index (χ4n) is 2.74. The van der Waals surface area contributed by atoms with Gasteiger partial charge in [0.15, 0.2) is 0 Å². The summed E-state index contributed by atoms with van der Waals surface area (Å²) < 4.78 is 5.31. The summed E-state index contributed by atoms with van der Waals surface area (Å²) in [6, 6.07) is 24.3. The highest BCUT2D eigenvalue weighted by molar-refractivity contribution is 5.56. The van der Waals surface area contributed by atoms with Gasteiger partial charge in [0, 0.05) is 22.3 Å². The molecule has 0 aliphatic rings. The molecular weight excluding hydrogens is 356 g/mol. The molecular formula is C27H20O2. The molecule has 3 rings (SSSR count). The normalized spacial score (nSPS) is 9.76. The van der Waals surface area contributed by atoms with E-state index in [9.17, 15) is 5.11 Å². The summed E-state index contributed by atoms with van der Waals surface area (Å²) in [6.45, 7) is 1.74. The number of hydrogen-bond donors (Lipinski definition) is 1. The molecule has 0 aliphatic heterocycles. The fourth-order valence-corrected chi connectivity index (χ4v) is 2.74. The maximum atomic E-state index is 11.5. The number of rotatable bonds is 2. The van der Waals surface area contributed by atoms with Gasteiger partial charge in [0.1, 0.15) is 5.75 Å². The minimum Gasteiger partial charge on any atom is -0.497 e. The van der Waals surface area contributed by atoms with Crippen molar-refractivity contribution in [2.75, 3.05) is 7.11 Å². The minimum absolute atomic E-state index is 0.527. The lowest BCUT2D eigenvalue weighted by atomic mass is 9.89. The molecule has 0 bridgehead atoms. The summed E-state index contributed by atoms with van der Waals surface area (Å²) in [7, 11) is 1.59. The molecule has 1 N–H and O–H groups in total. The maximum absolute atomic E-state index is 11.5. The van der Waals surface area contributed by atoms with Gasteiger partial charge in [-0.25, -0.2) is 0 Å². The SMILES string of the molecule is CC#Cc1cc(OC)ccc1C(O)(C#Cc1ccccc1)C#Cc1ccccc1. The van der Waals surface area contributed by atoms with Crippen LogP contribution in [-0.2, 0) is 5.60 Å². The second-order valence-corrected chi connectivity index (χ2v) is 6.23. The lowest BCUT2D eigenvalue weighted by Crippen LogP contribution is -2.23. The van der Waals surface area contributed by atoms with Crippen molar-refractivity contribution >= 4 is 0 Å². The average molecular weight is 376 g/mol. The van der Waals surface area contributed by atoms with Crippen LogP contribution in [0, 0.1) is 35.5 Å². The molecule has 140 valence electrons. The van der Waals surface area contributed by atoms with Crippen LogP contribution >= 0.6 is 0 Å². The molecule has 0 radical (unpaired) electrons. The summed E-state index contributed by atoms with van der Waals surface area (Å²) in [5.41, 5.74) is 1.05. The van der Waals surface area contributed by atoms with Gasteiger partial charge in [0.05, 0.1) is 7.11 Å². The Morgan fingerprint density at radius 2 is 1.31 bits per heavy atom. The zero-order chi connectivity index (χ0) is 20.5. The van der Waals surface area contributed by atoms with Gasteiger partial charge in [0.2, 0.25) is 5.60 Å². The highest BCUT2D eigenvalue weighted by Gasteiger charge is 2.27. The molecule has 3 aromatic rings. The summed E-state index contributed by atoms with van der Waals surface area (Å²) in [6.07, 6.45) is 0. The second-order valence-electron chi connectivity index (χ2n) is 6.23. The van der Waals surface area contributed by atoms with Gasteiger partial charge in [-0.15, -0.1) is 5.92 Å². The molecule has 0 aliphatic carbocycles. The van der Waals surface area contributed by atoms with E-state index in [0.717, 1.165) is 11.1 Å². The first kappa shape index (κ1) is 19.9. The van der Waals surface area contributed by atoms with Gasteiger partial charge in [-0.2, -0.15) is 0 Å². The van der Waals surface area contributed by atoms with Crippen molar-refractivity contribution in [3.63, 3.8) is 0 Å². The van der Waals surface area contributed by atoms with E-state index >= 15 is 0 Å². The maximum Gasteiger partial charge on any atom is 0.215 e. The molecule has 0 atom stereocenters. The molecule has 0 saturated heterocycles. The molecule has 3 aromatic carbocycles. The van der Waals surface area contributed by atoms with Crippen molar-refractivity contribution in [3.05, 3.63) is 101 Å². The Labute approximate surface area is 172 Å². The molecule has 0 spiro atoms. The largest absolute Gasteiger partial charge is 0.497 e. The predicted octanol–water partition coefficient (Wildman–Crippen LogP) is 4.36. The molecule has 29 heavy (non-hydrogen) atoms. The van der Waals surface area contributed by atoms with Crippen molar-refractivity contribution in [1.82, 2.24) is 0 Å². The molecule has 2 nitrogen and oxygen atoms in total. The van der Waals surface area contributed by atoms with Crippen LogP contribution in [0.5, 0.6) is 5.75 Å². The highest BCUT2D eigenvalue weighted by atomic mass is 16.5. The molecule has 0 amide bonds. The van der Waals surface area contributed by atoms with Crippen LogP contribution in [-0.4, -0.2) is 12.2 Å². The number of benzene rings is 3. The zero-order valence-electron chi connectivity index (χ0n) is 16.4. The van der Waals surface area contributed by atoms with Crippen LogP contribution in [0.2, 0.25) is 0 Å². The van der Waals surface area contributed by atoms with Crippen LogP contribution in [0.4, 0.5) is 0 Å². The van der Waals surface area contributed by atoms with E-state index in [0.29, 0.717) is 16.9 Å². The van der Waals surface area contributed by atoms with E-state index in [1.165, 1.54) is 0 Å². The smallest absolute Gasteiger partial charge is 0.215 e. The third kappa shape index (κ3) is 5.09. The lowest BCUT2D eigenvalue weighted by molar-refractivity contribution is 0.164. The van der Waals surface area contributed by atoms with Crippen molar-refractivity contribution in [3.8, 4) is 41.3 Å². The first-order valence-corrected chi connectivity index (χ1v) is 9.15. The van der Waals surface area contributed by atoms with Gasteiger partial charge >= 0.3 is 0 Å². The van der Waals surface area contributed by atoms with Gasteiger partial charge in [-0.1, -0.05) is 54.2 Å². The predicted molar refractivity (Wildman–Crippen MR) is 116 cm³/mol. The van der Waals surface area contributed by atoms with Gasteiger partial charge < -0.3 is 9.84 Å². The molecule has 2 heteroatoms. The average Bonchev–Trinajstić information content (AvgIpc) is 2.78. The van der Waals surface area contributed by atoms with E-state index in [1.807, 2.05) is 60.7 Å². The summed E-state index contributed by atoms with van der Waals surface area (Å²) in [4.78, 5) is 0. The molecule has 0 aromatic heterocycles. The molecule has 0 heterocycles. The minimum atomic E-state index is -1.70. The molecule has 0 unspecified atom stereocenters. The monoisotopic (exact) mass is 376 g/mol. The quantitative estimate of drug-likeness (QED) is 0.674. The van der Waals surface area contributed by atoms with E-state index < -0.39 is 5.60 Å².